The lowest BCUT2D eigenvalue weighted by molar-refractivity contribution is 0.102. The number of aromatic nitrogens is 2. The molecule has 0 spiro atoms. The zero-order chi connectivity index (χ0) is 20.4. The van der Waals surface area contributed by atoms with E-state index in [0.29, 0.717) is 5.76 Å². The number of hydrogen-bond donors (Lipinski definition) is 1. The van der Waals surface area contributed by atoms with E-state index in [4.69, 9.17) is 8.83 Å². The number of anilines is 1. The maximum atomic E-state index is 12.8. The molecule has 1 fully saturated rings. The van der Waals surface area contributed by atoms with Crippen LogP contribution >= 0.6 is 0 Å². The molecule has 2 aromatic heterocycles. The molecule has 2 heterocycles. The molecule has 1 amide bonds. The summed E-state index contributed by atoms with van der Waals surface area (Å²) in [5, 5.41) is 10.0. The van der Waals surface area contributed by atoms with E-state index in [2.05, 4.69) is 15.5 Å². The highest BCUT2D eigenvalue weighted by Crippen LogP contribution is 2.27. The van der Waals surface area contributed by atoms with Gasteiger partial charge in [0.25, 0.3) is 11.8 Å². The molecule has 29 heavy (non-hydrogen) atoms. The molecule has 0 bridgehead atoms. The zero-order valence-electron chi connectivity index (χ0n) is 15.7. The summed E-state index contributed by atoms with van der Waals surface area (Å²) in [5.74, 6) is 0.0355. The largest absolute Gasteiger partial charge is 0.459 e. The van der Waals surface area contributed by atoms with Crippen LogP contribution in [0.2, 0.25) is 0 Å². The molecule has 0 atom stereocenters. The van der Waals surface area contributed by atoms with Crippen LogP contribution in [0.5, 0.6) is 0 Å². The second-order valence-electron chi connectivity index (χ2n) is 6.83. The topological polar surface area (TPSA) is 119 Å². The molecular formula is C19H20N4O5S. The lowest BCUT2D eigenvalue weighted by atomic mass is 10.2. The van der Waals surface area contributed by atoms with Gasteiger partial charge in [0.15, 0.2) is 5.76 Å². The normalized spacial score (nSPS) is 15.1. The van der Waals surface area contributed by atoms with Gasteiger partial charge in [0.2, 0.25) is 10.0 Å². The second kappa shape index (κ2) is 7.80. The van der Waals surface area contributed by atoms with Crippen LogP contribution in [0, 0.1) is 0 Å². The van der Waals surface area contributed by atoms with E-state index in [1.54, 1.807) is 19.2 Å². The van der Waals surface area contributed by atoms with E-state index in [1.165, 1.54) is 34.8 Å². The van der Waals surface area contributed by atoms with Gasteiger partial charge in [-0.1, -0.05) is 17.9 Å². The third-order valence-corrected chi connectivity index (χ3v) is 6.93. The third kappa shape index (κ3) is 3.94. The molecule has 0 aliphatic heterocycles. The summed E-state index contributed by atoms with van der Waals surface area (Å²) < 4.78 is 37.5. The molecule has 0 radical (unpaired) electrons. The van der Waals surface area contributed by atoms with Gasteiger partial charge in [-0.05, 0) is 49.2 Å². The van der Waals surface area contributed by atoms with E-state index in [-0.39, 0.29) is 28.4 Å². The Morgan fingerprint density at radius 1 is 1.14 bits per heavy atom. The average Bonchev–Trinajstić information content (AvgIpc) is 3.49. The Balaban J connectivity index is 1.45. The summed E-state index contributed by atoms with van der Waals surface area (Å²) in [7, 11) is -1.99. The van der Waals surface area contributed by atoms with Gasteiger partial charge in [0, 0.05) is 18.7 Å². The molecule has 1 saturated carbocycles. The van der Waals surface area contributed by atoms with Crippen molar-refractivity contribution in [2.24, 2.45) is 0 Å². The highest BCUT2D eigenvalue weighted by Gasteiger charge is 2.30. The summed E-state index contributed by atoms with van der Waals surface area (Å²) in [4.78, 5) is 12.5. The zero-order valence-corrected chi connectivity index (χ0v) is 16.6. The van der Waals surface area contributed by atoms with E-state index < -0.39 is 15.9 Å². The van der Waals surface area contributed by atoms with Gasteiger partial charge in [0.1, 0.15) is 0 Å². The molecule has 1 N–H and O–H groups in total. The molecule has 9 nitrogen and oxygen atoms in total. The predicted octanol–water partition coefficient (Wildman–Crippen LogP) is 3.15. The molecular weight excluding hydrogens is 396 g/mol. The van der Waals surface area contributed by atoms with Gasteiger partial charge in [0.05, 0.1) is 11.2 Å². The maximum Gasteiger partial charge on any atom is 0.322 e. The fourth-order valence-corrected chi connectivity index (χ4v) is 4.77. The number of rotatable bonds is 6. The lowest BCUT2D eigenvalue weighted by Crippen LogP contribution is -2.35. The molecule has 152 valence electrons. The summed E-state index contributed by atoms with van der Waals surface area (Å²) in [5.41, 5.74) is 0.269. The molecule has 1 aromatic carbocycles. The predicted molar refractivity (Wildman–Crippen MR) is 104 cm³/mol. The third-order valence-electron chi connectivity index (χ3n) is 5.01. The Morgan fingerprint density at radius 2 is 1.86 bits per heavy atom. The first-order chi connectivity index (χ1) is 13.9. The highest BCUT2D eigenvalue weighted by atomic mass is 32.2. The first-order valence-electron chi connectivity index (χ1n) is 9.22. The molecule has 0 saturated heterocycles. The summed E-state index contributed by atoms with van der Waals surface area (Å²) in [6.45, 7) is 0. The van der Waals surface area contributed by atoms with E-state index in [0.717, 1.165) is 25.7 Å². The number of sulfonamides is 1. The number of carbonyl (C=O) groups is 1. The van der Waals surface area contributed by atoms with Crippen molar-refractivity contribution in [2.45, 2.75) is 36.6 Å². The molecule has 1 aliphatic rings. The SMILES string of the molecule is CN(C1CCCC1)S(=O)(=O)c1ccc(C(=O)Nc2nnc(-c3ccco3)o2)cc1. The fraction of sp³-hybridized carbons (Fsp3) is 0.316. The fourth-order valence-electron chi connectivity index (χ4n) is 3.35. The van der Waals surface area contributed by atoms with Gasteiger partial charge in [-0.15, -0.1) is 5.10 Å². The molecule has 0 unspecified atom stereocenters. The van der Waals surface area contributed by atoms with E-state index >= 15 is 0 Å². The van der Waals surface area contributed by atoms with Gasteiger partial charge < -0.3 is 8.83 Å². The Morgan fingerprint density at radius 3 is 2.52 bits per heavy atom. The smallest absolute Gasteiger partial charge is 0.322 e. The quantitative estimate of drug-likeness (QED) is 0.655. The highest BCUT2D eigenvalue weighted by molar-refractivity contribution is 7.89. The Bertz CT molecular complexity index is 1080. The Kier molecular flexibility index (Phi) is 5.20. The first kappa shape index (κ1) is 19.3. The van der Waals surface area contributed by atoms with Crippen LogP contribution in [0.3, 0.4) is 0 Å². The van der Waals surface area contributed by atoms with Crippen molar-refractivity contribution in [1.82, 2.24) is 14.5 Å². The van der Waals surface area contributed by atoms with E-state index in [9.17, 15) is 13.2 Å². The minimum Gasteiger partial charge on any atom is -0.459 e. The van der Waals surface area contributed by atoms with Crippen LogP contribution in [-0.2, 0) is 10.0 Å². The van der Waals surface area contributed by atoms with Crippen LogP contribution in [0.25, 0.3) is 11.7 Å². The van der Waals surface area contributed by atoms with Crippen LogP contribution in [-0.4, -0.2) is 41.9 Å². The van der Waals surface area contributed by atoms with Crippen LogP contribution in [0.1, 0.15) is 36.0 Å². The average molecular weight is 416 g/mol. The molecule has 3 aromatic rings. The molecule has 4 rings (SSSR count). The summed E-state index contributed by atoms with van der Waals surface area (Å²) >= 11 is 0. The number of nitrogens with one attached hydrogen (secondary N) is 1. The van der Waals surface area contributed by atoms with Crippen molar-refractivity contribution in [2.75, 3.05) is 12.4 Å². The van der Waals surface area contributed by atoms with Crippen molar-refractivity contribution in [1.29, 1.82) is 0 Å². The van der Waals surface area contributed by atoms with Crippen LogP contribution in [0.4, 0.5) is 6.01 Å². The van der Waals surface area contributed by atoms with Gasteiger partial charge in [-0.3, -0.25) is 10.1 Å². The number of furan rings is 1. The number of benzene rings is 1. The standard InChI is InChI=1S/C19H20N4O5S/c1-23(14-5-2-3-6-14)29(25,26)15-10-8-13(9-11-15)17(24)20-19-22-21-18(28-19)16-7-4-12-27-16/h4,7-12,14H,2-3,5-6H2,1H3,(H,20,22,24). The first-order valence-corrected chi connectivity index (χ1v) is 10.7. The van der Waals surface area contributed by atoms with Crippen molar-refractivity contribution < 1.29 is 22.0 Å². The van der Waals surface area contributed by atoms with Gasteiger partial charge in [-0.25, -0.2) is 8.42 Å². The van der Waals surface area contributed by atoms with Crippen LogP contribution < -0.4 is 5.32 Å². The van der Waals surface area contributed by atoms with Crippen molar-refractivity contribution in [3.05, 3.63) is 48.2 Å². The van der Waals surface area contributed by atoms with Crippen LogP contribution in [0.15, 0.2) is 56.4 Å². The number of hydrogen-bond acceptors (Lipinski definition) is 7. The maximum absolute atomic E-state index is 12.8. The summed E-state index contributed by atoms with van der Waals surface area (Å²) in [6, 6.07) is 9.04. The van der Waals surface area contributed by atoms with Gasteiger partial charge in [-0.2, -0.15) is 4.31 Å². The summed E-state index contributed by atoms with van der Waals surface area (Å²) in [6.07, 6.45) is 5.31. The van der Waals surface area contributed by atoms with Crippen molar-refractivity contribution in [3.8, 4) is 11.7 Å². The molecule has 1 aliphatic carbocycles. The van der Waals surface area contributed by atoms with E-state index in [1.807, 2.05) is 0 Å². The Hall–Kier alpha value is -2.98. The number of amides is 1. The number of nitrogens with zero attached hydrogens (tertiary/aromatic N) is 3. The van der Waals surface area contributed by atoms with Crippen molar-refractivity contribution >= 4 is 21.9 Å². The minimum atomic E-state index is -3.60. The second-order valence-corrected chi connectivity index (χ2v) is 8.83. The number of carbonyl (C=O) groups excluding carboxylic acids is 1. The lowest BCUT2D eigenvalue weighted by Gasteiger charge is -2.23. The Labute approximate surface area is 167 Å². The van der Waals surface area contributed by atoms with Crippen molar-refractivity contribution in [3.63, 3.8) is 0 Å². The van der Waals surface area contributed by atoms with Gasteiger partial charge >= 0.3 is 6.01 Å². The molecule has 10 heteroatoms. The monoisotopic (exact) mass is 416 g/mol. The minimum absolute atomic E-state index is 0.0314.